The topological polar surface area (TPSA) is 80.0 Å². The predicted molar refractivity (Wildman–Crippen MR) is 94.5 cm³/mol. The van der Waals surface area contributed by atoms with Crippen molar-refractivity contribution in [1.82, 2.24) is 0 Å². The van der Waals surface area contributed by atoms with Crippen LogP contribution in [-0.2, 0) is 0 Å². The first-order valence-electron chi connectivity index (χ1n) is 7.67. The molecule has 2 N–H and O–H groups in total. The zero-order valence-electron chi connectivity index (χ0n) is 14.3. The molecule has 1 aliphatic rings. The van der Waals surface area contributed by atoms with Crippen LogP contribution in [0.2, 0.25) is 0 Å². The summed E-state index contributed by atoms with van der Waals surface area (Å²) in [6, 6.07) is 8.50. The molecule has 0 unspecified atom stereocenters. The van der Waals surface area contributed by atoms with Crippen LogP contribution in [0.25, 0.3) is 6.08 Å². The number of carbonyl (C=O) groups excluding carboxylic acids is 1. The van der Waals surface area contributed by atoms with Crippen molar-refractivity contribution in [3.8, 4) is 23.0 Å². The van der Waals surface area contributed by atoms with Gasteiger partial charge in [-0.1, -0.05) is 0 Å². The van der Waals surface area contributed by atoms with E-state index in [1.807, 2.05) is 0 Å². The van der Waals surface area contributed by atoms with Crippen LogP contribution >= 0.6 is 0 Å². The number of Topliss-reactive ketones (excluding diaryl/α,β-unsaturated/α-hetero) is 1. The first-order chi connectivity index (χ1) is 12.0. The third kappa shape index (κ3) is 3.24. The predicted octanol–water partition coefficient (Wildman–Crippen LogP) is 3.30. The molecule has 25 heavy (non-hydrogen) atoms. The van der Waals surface area contributed by atoms with Crippen molar-refractivity contribution < 1.29 is 23.7 Å². The second-order valence-electron chi connectivity index (χ2n) is 5.56. The van der Waals surface area contributed by atoms with Crippen LogP contribution in [0.15, 0.2) is 35.9 Å². The van der Waals surface area contributed by atoms with Gasteiger partial charge in [-0.05, 0) is 42.8 Å². The Morgan fingerprint density at radius 2 is 1.76 bits per heavy atom. The molecule has 0 saturated carbocycles. The van der Waals surface area contributed by atoms with Crippen LogP contribution in [0.1, 0.15) is 22.8 Å². The number of fused-ring (bicyclic) bond motifs is 1. The SMILES string of the molecule is COc1cc(C(=O)/C(C)=C/c2cc3c(cc2OC)OCO3)ccc1N. The number of ketones is 1. The lowest BCUT2D eigenvalue weighted by Gasteiger charge is -2.09. The summed E-state index contributed by atoms with van der Waals surface area (Å²) in [5, 5.41) is 0. The number of benzene rings is 2. The lowest BCUT2D eigenvalue weighted by molar-refractivity contribution is 0.103. The van der Waals surface area contributed by atoms with Crippen LogP contribution in [0.5, 0.6) is 23.0 Å². The van der Waals surface area contributed by atoms with Crippen LogP contribution in [0.3, 0.4) is 0 Å². The van der Waals surface area contributed by atoms with Crippen LogP contribution in [0.4, 0.5) is 5.69 Å². The quantitative estimate of drug-likeness (QED) is 0.511. The van der Waals surface area contributed by atoms with Crippen molar-refractivity contribution in [2.24, 2.45) is 0 Å². The molecule has 6 heteroatoms. The summed E-state index contributed by atoms with van der Waals surface area (Å²) in [5.41, 5.74) is 8.06. The normalized spacial score (nSPS) is 12.8. The van der Waals surface area contributed by atoms with Gasteiger partial charge in [0.2, 0.25) is 6.79 Å². The molecule has 0 saturated heterocycles. The molecule has 130 valence electrons. The summed E-state index contributed by atoms with van der Waals surface area (Å²) in [6.45, 7) is 1.92. The number of rotatable bonds is 5. The fraction of sp³-hybridized carbons (Fsp3) is 0.211. The number of methoxy groups -OCH3 is 2. The molecule has 6 nitrogen and oxygen atoms in total. The van der Waals surface area contributed by atoms with E-state index < -0.39 is 0 Å². The number of hydrogen-bond donors (Lipinski definition) is 1. The van der Waals surface area contributed by atoms with E-state index >= 15 is 0 Å². The number of ether oxygens (including phenoxy) is 4. The summed E-state index contributed by atoms with van der Waals surface area (Å²) < 4.78 is 21.3. The fourth-order valence-corrected chi connectivity index (χ4v) is 2.61. The number of hydrogen-bond acceptors (Lipinski definition) is 6. The summed E-state index contributed by atoms with van der Waals surface area (Å²) in [5.74, 6) is 2.20. The molecule has 2 aromatic carbocycles. The number of nitrogen functional groups attached to an aromatic ring is 1. The second kappa shape index (κ2) is 6.76. The first-order valence-corrected chi connectivity index (χ1v) is 7.67. The fourth-order valence-electron chi connectivity index (χ4n) is 2.61. The highest BCUT2D eigenvalue weighted by Crippen LogP contribution is 2.39. The molecule has 0 atom stereocenters. The average Bonchev–Trinajstić information content (AvgIpc) is 3.08. The van der Waals surface area contributed by atoms with Crippen molar-refractivity contribution in [3.05, 3.63) is 47.0 Å². The van der Waals surface area contributed by atoms with Gasteiger partial charge >= 0.3 is 0 Å². The van der Waals surface area contributed by atoms with Gasteiger partial charge in [-0.2, -0.15) is 0 Å². The van der Waals surface area contributed by atoms with E-state index in [9.17, 15) is 4.79 Å². The van der Waals surface area contributed by atoms with Gasteiger partial charge in [-0.15, -0.1) is 0 Å². The van der Waals surface area contributed by atoms with Crippen LogP contribution in [0, 0.1) is 0 Å². The Morgan fingerprint density at radius 1 is 1.08 bits per heavy atom. The van der Waals surface area contributed by atoms with E-state index in [-0.39, 0.29) is 12.6 Å². The molecule has 1 heterocycles. The Morgan fingerprint density at radius 3 is 2.44 bits per heavy atom. The molecular weight excluding hydrogens is 322 g/mol. The molecule has 0 fully saturated rings. The van der Waals surface area contributed by atoms with Crippen LogP contribution < -0.4 is 24.7 Å². The van der Waals surface area contributed by atoms with E-state index in [1.54, 1.807) is 50.4 Å². The Hall–Kier alpha value is -3.15. The molecule has 0 amide bonds. The third-order valence-corrected chi connectivity index (χ3v) is 3.95. The van der Waals surface area contributed by atoms with E-state index in [4.69, 9.17) is 24.7 Å². The van der Waals surface area contributed by atoms with Crippen molar-refractivity contribution in [3.63, 3.8) is 0 Å². The highest BCUT2D eigenvalue weighted by Gasteiger charge is 2.18. The van der Waals surface area contributed by atoms with Crippen molar-refractivity contribution in [2.45, 2.75) is 6.92 Å². The molecule has 1 aliphatic heterocycles. The summed E-state index contributed by atoms with van der Waals surface area (Å²) in [6.07, 6.45) is 1.76. The molecule has 0 aromatic heterocycles. The Balaban J connectivity index is 1.95. The number of carbonyl (C=O) groups is 1. The standard InChI is InChI=1S/C19H19NO5/c1-11(19(21)12-4-5-14(20)16(7-12)23-3)6-13-8-17-18(25-10-24-17)9-15(13)22-2/h4-9H,10,20H2,1-3H3/b11-6+. The largest absolute Gasteiger partial charge is 0.496 e. The van der Waals surface area contributed by atoms with Crippen molar-refractivity contribution >= 4 is 17.5 Å². The molecule has 0 aliphatic carbocycles. The van der Waals surface area contributed by atoms with Crippen LogP contribution in [-0.4, -0.2) is 26.8 Å². The van der Waals surface area contributed by atoms with Crippen molar-refractivity contribution in [1.29, 1.82) is 0 Å². The maximum absolute atomic E-state index is 12.7. The monoisotopic (exact) mass is 341 g/mol. The number of anilines is 1. The van der Waals surface area contributed by atoms with Gasteiger partial charge in [0.05, 0.1) is 19.9 Å². The molecule has 0 spiro atoms. The first kappa shape index (κ1) is 16.7. The highest BCUT2D eigenvalue weighted by atomic mass is 16.7. The van der Waals surface area contributed by atoms with Crippen molar-refractivity contribution in [2.75, 3.05) is 26.7 Å². The maximum atomic E-state index is 12.7. The van der Waals surface area contributed by atoms with Gasteiger partial charge in [0, 0.05) is 17.2 Å². The third-order valence-electron chi connectivity index (χ3n) is 3.95. The lowest BCUT2D eigenvalue weighted by atomic mass is 10.0. The van der Waals surface area contributed by atoms with Gasteiger partial charge in [0.25, 0.3) is 0 Å². The van der Waals surface area contributed by atoms with Gasteiger partial charge in [0.1, 0.15) is 11.5 Å². The number of nitrogens with two attached hydrogens (primary N) is 1. The minimum absolute atomic E-state index is 0.127. The van der Waals surface area contributed by atoms with E-state index in [2.05, 4.69) is 0 Å². The second-order valence-corrected chi connectivity index (χ2v) is 5.56. The zero-order valence-corrected chi connectivity index (χ0v) is 14.3. The minimum atomic E-state index is -0.127. The van der Waals surface area contributed by atoms with Gasteiger partial charge in [0.15, 0.2) is 17.3 Å². The molecule has 2 aromatic rings. The van der Waals surface area contributed by atoms with E-state index in [1.165, 1.54) is 7.11 Å². The Bertz CT molecular complexity index is 857. The van der Waals surface area contributed by atoms with Gasteiger partial charge in [-0.3, -0.25) is 4.79 Å². The Kier molecular flexibility index (Phi) is 4.52. The molecule has 3 rings (SSSR count). The summed E-state index contributed by atoms with van der Waals surface area (Å²) in [7, 11) is 3.08. The molecule has 0 radical (unpaired) electrons. The van der Waals surface area contributed by atoms with E-state index in [0.717, 1.165) is 5.56 Å². The Labute approximate surface area is 145 Å². The average molecular weight is 341 g/mol. The smallest absolute Gasteiger partial charge is 0.231 e. The zero-order chi connectivity index (χ0) is 18.0. The van der Waals surface area contributed by atoms with Gasteiger partial charge in [-0.25, -0.2) is 0 Å². The van der Waals surface area contributed by atoms with Gasteiger partial charge < -0.3 is 24.7 Å². The number of allylic oxidation sites excluding steroid dienone is 1. The summed E-state index contributed by atoms with van der Waals surface area (Å²) in [4.78, 5) is 12.7. The van der Waals surface area contributed by atoms with E-state index in [0.29, 0.717) is 39.8 Å². The minimum Gasteiger partial charge on any atom is -0.496 e. The maximum Gasteiger partial charge on any atom is 0.231 e. The summed E-state index contributed by atoms with van der Waals surface area (Å²) >= 11 is 0. The highest BCUT2D eigenvalue weighted by molar-refractivity contribution is 6.11. The molecular formula is C19H19NO5. The lowest BCUT2D eigenvalue weighted by Crippen LogP contribution is -2.03. The molecule has 0 bridgehead atoms.